The number of alkyl halides is 3. The minimum absolute atomic E-state index is 0.00574. The number of benzene rings is 2. The van der Waals surface area contributed by atoms with Gasteiger partial charge in [-0.3, -0.25) is 4.79 Å². The van der Waals surface area contributed by atoms with Crippen molar-refractivity contribution in [2.24, 2.45) is 0 Å². The van der Waals surface area contributed by atoms with Crippen LogP contribution in [-0.4, -0.2) is 11.3 Å². The van der Waals surface area contributed by atoms with E-state index in [4.69, 9.17) is 0 Å². The van der Waals surface area contributed by atoms with Gasteiger partial charge in [-0.1, -0.05) is 30.3 Å². The molecule has 0 aliphatic carbocycles. The Kier molecular flexibility index (Phi) is 3.24. The van der Waals surface area contributed by atoms with Crippen molar-refractivity contribution < 1.29 is 22.4 Å². The second kappa shape index (κ2) is 4.98. The van der Waals surface area contributed by atoms with E-state index in [1.165, 1.54) is 36.4 Å². The molecule has 1 aromatic heterocycles. The largest absolute Gasteiger partial charge is 0.417 e. The van der Waals surface area contributed by atoms with E-state index in [1.807, 2.05) is 0 Å². The molecule has 0 fully saturated rings. The molecule has 1 heterocycles. The maximum Gasteiger partial charge on any atom is 0.417 e. The van der Waals surface area contributed by atoms with E-state index in [1.54, 1.807) is 0 Å². The van der Waals surface area contributed by atoms with Crippen molar-refractivity contribution in [3.8, 4) is 11.3 Å². The minimum atomic E-state index is -4.58. The fourth-order valence-electron chi connectivity index (χ4n) is 2.49. The number of aldehydes is 1. The Labute approximate surface area is 122 Å². The Bertz CT molecular complexity index is 864. The first-order valence-corrected chi connectivity index (χ1v) is 6.35. The fraction of sp³-hybridized carbons (Fsp3) is 0.0625. The van der Waals surface area contributed by atoms with Gasteiger partial charge in [0, 0.05) is 16.5 Å². The van der Waals surface area contributed by atoms with Crippen molar-refractivity contribution in [1.29, 1.82) is 0 Å². The van der Waals surface area contributed by atoms with E-state index in [9.17, 15) is 22.4 Å². The highest BCUT2D eigenvalue weighted by Gasteiger charge is 2.34. The zero-order chi connectivity index (χ0) is 15.9. The summed E-state index contributed by atoms with van der Waals surface area (Å²) in [7, 11) is 0. The average molecular weight is 307 g/mol. The molecule has 6 heteroatoms. The number of carbonyl (C=O) groups is 1. The molecular formula is C16H9F4NO. The van der Waals surface area contributed by atoms with Gasteiger partial charge in [0.1, 0.15) is 5.82 Å². The lowest BCUT2D eigenvalue weighted by Gasteiger charge is -2.12. The number of rotatable bonds is 2. The minimum Gasteiger partial charge on any atom is -0.352 e. The van der Waals surface area contributed by atoms with E-state index >= 15 is 0 Å². The second-order valence-electron chi connectivity index (χ2n) is 4.74. The van der Waals surface area contributed by atoms with Crippen LogP contribution in [0.4, 0.5) is 17.6 Å². The fourth-order valence-corrected chi connectivity index (χ4v) is 2.49. The molecule has 3 aromatic rings. The first kappa shape index (κ1) is 14.3. The normalized spacial score (nSPS) is 11.8. The van der Waals surface area contributed by atoms with Crippen molar-refractivity contribution >= 4 is 17.2 Å². The van der Waals surface area contributed by atoms with Gasteiger partial charge in [0.25, 0.3) is 0 Å². The number of hydrogen-bond donors (Lipinski definition) is 1. The van der Waals surface area contributed by atoms with Gasteiger partial charge in [-0.05, 0) is 12.1 Å². The van der Waals surface area contributed by atoms with Crippen LogP contribution in [0, 0.1) is 5.82 Å². The number of para-hydroxylation sites is 1. The van der Waals surface area contributed by atoms with Crippen LogP contribution in [0.25, 0.3) is 22.2 Å². The highest BCUT2D eigenvalue weighted by molar-refractivity contribution is 6.04. The summed E-state index contributed by atoms with van der Waals surface area (Å²) < 4.78 is 53.2. The second-order valence-corrected chi connectivity index (χ2v) is 4.74. The Morgan fingerprint density at radius 1 is 1.00 bits per heavy atom. The number of aromatic amines is 1. The smallest absolute Gasteiger partial charge is 0.352 e. The van der Waals surface area contributed by atoms with E-state index in [2.05, 4.69) is 4.98 Å². The number of hydrogen-bond acceptors (Lipinski definition) is 1. The molecule has 0 radical (unpaired) electrons. The molecule has 1 N–H and O–H groups in total. The molecule has 0 atom stereocenters. The molecule has 0 spiro atoms. The van der Waals surface area contributed by atoms with Crippen LogP contribution in [-0.2, 0) is 6.18 Å². The van der Waals surface area contributed by atoms with E-state index in [0.717, 1.165) is 6.07 Å². The van der Waals surface area contributed by atoms with Crippen LogP contribution in [0.15, 0.2) is 42.5 Å². The highest BCUT2D eigenvalue weighted by atomic mass is 19.4. The number of nitrogens with one attached hydrogen (secondary N) is 1. The summed E-state index contributed by atoms with van der Waals surface area (Å²) in [5.74, 6) is -0.628. The molecule has 3 rings (SSSR count). The maximum atomic E-state index is 13.8. The lowest BCUT2D eigenvalue weighted by atomic mass is 10.0. The zero-order valence-electron chi connectivity index (χ0n) is 11.0. The molecule has 0 unspecified atom stereocenters. The Morgan fingerprint density at radius 2 is 1.73 bits per heavy atom. The summed E-state index contributed by atoms with van der Waals surface area (Å²) in [6.45, 7) is 0. The number of aromatic nitrogens is 1. The first-order valence-electron chi connectivity index (χ1n) is 6.35. The summed E-state index contributed by atoms with van der Waals surface area (Å²) in [5, 5.41) is 0.252. The summed E-state index contributed by atoms with van der Waals surface area (Å²) in [6, 6.07) is 8.92. The molecule has 0 saturated carbocycles. The number of H-pyrrole nitrogens is 1. The van der Waals surface area contributed by atoms with Gasteiger partial charge in [0.05, 0.1) is 16.8 Å². The maximum absolute atomic E-state index is 13.8. The first-order chi connectivity index (χ1) is 10.4. The molecule has 0 aliphatic heterocycles. The van der Waals surface area contributed by atoms with Gasteiger partial charge in [0.2, 0.25) is 0 Å². The molecular weight excluding hydrogens is 298 g/mol. The van der Waals surface area contributed by atoms with Crippen LogP contribution in [0.2, 0.25) is 0 Å². The van der Waals surface area contributed by atoms with E-state index in [0.29, 0.717) is 6.29 Å². The van der Waals surface area contributed by atoms with Crippen LogP contribution in [0.5, 0.6) is 0 Å². The molecule has 112 valence electrons. The summed E-state index contributed by atoms with van der Waals surface area (Å²) in [6.07, 6.45) is -4.15. The van der Waals surface area contributed by atoms with Gasteiger partial charge in [-0.25, -0.2) is 4.39 Å². The van der Waals surface area contributed by atoms with Crippen LogP contribution < -0.4 is 0 Å². The Balaban J connectivity index is 2.37. The van der Waals surface area contributed by atoms with Crippen molar-refractivity contribution in [2.75, 3.05) is 0 Å². The summed E-state index contributed by atoms with van der Waals surface area (Å²) in [4.78, 5) is 13.9. The third kappa shape index (κ3) is 2.16. The van der Waals surface area contributed by atoms with Crippen LogP contribution in [0.3, 0.4) is 0 Å². The Morgan fingerprint density at radius 3 is 2.41 bits per heavy atom. The predicted molar refractivity (Wildman–Crippen MR) is 74.1 cm³/mol. The highest BCUT2D eigenvalue weighted by Crippen LogP contribution is 2.39. The topological polar surface area (TPSA) is 32.9 Å². The van der Waals surface area contributed by atoms with Crippen LogP contribution >= 0.6 is 0 Å². The third-order valence-electron chi connectivity index (χ3n) is 3.44. The molecule has 2 nitrogen and oxygen atoms in total. The third-order valence-corrected chi connectivity index (χ3v) is 3.44. The molecule has 0 aliphatic rings. The molecule has 0 amide bonds. The van der Waals surface area contributed by atoms with Gasteiger partial charge in [-0.15, -0.1) is 0 Å². The van der Waals surface area contributed by atoms with Gasteiger partial charge < -0.3 is 4.98 Å². The van der Waals surface area contributed by atoms with E-state index < -0.39 is 17.6 Å². The van der Waals surface area contributed by atoms with E-state index in [-0.39, 0.29) is 27.7 Å². The monoisotopic (exact) mass is 307 g/mol. The van der Waals surface area contributed by atoms with Crippen molar-refractivity contribution in [3.05, 3.63) is 59.4 Å². The van der Waals surface area contributed by atoms with Crippen molar-refractivity contribution in [3.63, 3.8) is 0 Å². The van der Waals surface area contributed by atoms with Crippen molar-refractivity contribution in [1.82, 2.24) is 4.98 Å². The summed E-state index contributed by atoms with van der Waals surface area (Å²) in [5.41, 5.74) is -1.09. The van der Waals surface area contributed by atoms with Gasteiger partial charge in [0.15, 0.2) is 6.29 Å². The van der Waals surface area contributed by atoms with Gasteiger partial charge >= 0.3 is 6.18 Å². The zero-order valence-corrected chi connectivity index (χ0v) is 11.0. The van der Waals surface area contributed by atoms with Crippen LogP contribution in [0.1, 0.15) is 15.9 Å². The van der Waals surface area contributed by atoms with Crippen molar-refractivity contribution in [2.45, 2.75) is 6.18 Å². The average Bonchev–Trinajstić information content (AvgIpc) is 2.86. The quantitative estimate of drug-likeness (QED) is 0.535. The lowest BCUT2D eigenvalue weighted by molar-refractivity contribution is -0.137. The number of fused-ring (bicyclic) bond motifs is 1. The number of carbonyl (C=O) groups excluding carboxylic acids is 1. The standard InChI is InChI=1S/C16H9F4NO/c17-13-7-3-5-9-11(8-22)14(21-15(9)13)10-4-1-2-6-12(10)16(18,19)20/h1-8,21H. The predicted octanol–water partition coefficient (Wildman–Crippen LogP) is 4.81. The summed E-state index contributed by atoms with van der Waals surface area (Å²) >= 11 is 0. The Hall–Kier alpha value is -2.63. The molecule has 0 bridgehead atoms. The molecule has 22 heavy (non-hydrogen) atoms. The SMILES string of the molecule is O=Cc1c(-c2ccccc2C(F)(F)F)[nH]c2c(F)cccc12. The van der Waals surface area contributed by atoms with Gasteiger partial charge in [-0.2, -0.15) is 13.2 Å². The molecule has 0 saturated heterocycles. The number of halogens is 4. The lowest BCUT2D eigenvalue weighted by Crippen LogP contribution is -2.07. The molecule has 2 aromatic carbocycles.